The molecule has 0 aliphatic carbocycles. The van der Waals surface area contributed by atoms with Gasteiger partial charge in [-0.1, -0.05) is 6.92 Å². The van der Waals surface area contributed by atoms with Crippen LogP contribution < -0.4 is 11.1 Å². The first kappa shape index (κ1) is 15.2. The summed E-state index contributed by atoms with van der Waals surface area (Å²) in [5.41, 5.74) is 8.21. The van der Waals surface area contributed by atoms with E-state index in [1.807, 2.05) is 11.6 Å². The standard InChI is InChI=1S/C15H29N5/c1-11(2)20-14(13(16)12(3)18-20)17-10-15(4)6-8-19(5)9-7-15/h11,17H,6-10,16H2,1-5H3. The van der Waals surface area contributed by atoms with Crippen molar-refractivity contribution in [2.75, 3.05) is 37.7 Å². The molecule has 0 aromatic carbocycles. The fourth-order valence-electron chi connectivity index (χ4n) is 2.74. The molecule has 0 atom stereocenters. The average Bonchev–Trinajstić information content (AvgIpc) is 2.68. The van der Waals surface area contributed by atoms with E-state index in [1.165, 1.54) is 25.9 Å². The third-order valence-corrected chi connectivity index (χ3v) is 4.50. The molecular weight excluding hydrogens is 250 g/mol. The molecular formula is C15H29N5. The van der Waals surface area contributed by atoms with Crippen LogP contribution in [0, 0.1) is 12.3 Å². The smallest absolute Gasteiger partial charge is 0.148 e. The SMILES string of the molecule is Cc1nn(C(C)C)c(NCC2(C)CCN(C)CC2)c1N. The van der Waals surface area contributed by atoms with E-state index < -0.39 is 0 Å². The highest BCUT2D eigenvalue weighted by molar-refractivity contribution is 5.65. The van der Waals surface area contributed by atoms with E-state index in [0.717, 1.165) is 23.7 Å². The predicted octanol–water partition coefficient (Wildman–Crippen LogP) is 2.50. The Bertz CT molecular complexity index is 455. The maximum Gasteiger partial charge on any atom is 0.148 e. The second-order valence-corrected chi connectivity index (χ2v) is 6.85. The van der Waals surface area contributed by atoms with Crippen LogP contribution in [0.15, 0.2) is 0 Å². The molecule has 1 aromatic rings. The van der Waals surface area contributed by atoms with Crippen LogP contribution in [0.5, 0.6) is 0 Å². The highest BCUT2D eigenvalue weighted by Crippen LogP contribution is 2.32. The van der Waals surface area contributed by atoms with Crippen molar-refractivity contribution in [1.82, 2.24) is 14.7 Å². The van der Waals surface area contributed by atoms with Gasteiger partial charge in [-0.25, -0.2) is 4.68 Å². The summed E-state index contributed by atoms with van der Waals surface area (Å²) in [5, 5.41) is 8.09. The number of likely N-dealkylation sites (tertiary alicyclic amines) is 1. The number of piperidine rings is 1. The molecule has 5 heteroatoms. The molecule has 0 spiro atoms. The van der Waals surface area contributed by atoms with Gasteiger partial charge < -0.3 is 16.0 Å². The van der Waals surface area contributed by atoms with Crippen LogP contribution in [0.4, 0.5) is 11.5 Å². The van der Waals surface area contributed by atoms with Crippen molar-refractivity contribution in [3.8, 4) is 0 Å². The predicted molar refractivity (Wildman–Crippen MR) is 85.1 cm³/mol. The molecule has 1 aliphatic rings. The van der Waals surface area contributed by atoms with Crippen LogP contribution in [0.1, 0.15) is 45.3 Å². The lowest BCUT2D eigenvalue weighted by Crippen LogP contribution is -2.40. The van der Waals surface area contributed by atoms with Gasteiger partial charge in [0.25, 0.3) is 0 Å². The number of nitrogens with two attached hydrogens (primary N) is 1. The lowest BCUT2D eigenvalue weighted by Gasteiger charge is -2.38. The molecule has 0 saturated carbocycles. The molecule has 0 unspecified atom stereocenters. The Morgan fingerprint density at radius 3 is 2.50 bits per heavy atom. The zero-order valence-corrected chi connectivity index (χ0v) is 13.5. The van der Waals surface area contributed by atoms with E-state index in [-0.39, 0.29) is 0 Å². The number of nitrogens with zero attached hydrogens (tertiary/aromatic N) is 3. The van der Waals surface area contributed by atoms with Crippen molar-refractivity contribution in [2.24, 2.45) is 5.41 Å². The van der Waals surface area contributed by atoms with Gasteiger partial charge in [0.1, 0.15) is 5.82 Å². The number of aromatic nitrogens is 2. The topological polar surface area (TPSA) is 59.1 Å². The first-order valence-corrected chi connectivity index (χ1v) is 7.59. The Labute approximate surface area is 122 Å². The Morgan fingerprint density at radius 1 is 1.35 bits per heavy atom. The first-order valence-electron chi connectivity index (χ1n) is 7.59. The van der Waals surface area contributed by atoms with Gasteiger partial charge in [0.2, 0.25) is 0 Å². The van der Waals surface area contributed by atoms with Crippen LogP contribution in [0.25, 0.3) is 0 Å². The molecule has 5 nitrogen and oxygen atoms in total. The van der Waals surface area contributed by atoms with Gasteiger partial charge in [-0.3, -0.25) is 0 Å². The van der Waals surface area contributed by atoms with Crippen molar-refractivity contribution < 1.29 is 0 Å². The monoisotopic (exact) mass is 279 g/mol. The molecule has 0 radical (unpaired) electrons. The minimum Gasteiger partial charge on any atom is -0.394 e. The normalized spacial score (nSPS) is 19.5. The van der Waals surface area contributed by atoms with Gasteiger partial charge >= 0.3 is 0 Å². The lowest BCUT2D eigenvalue weighted by molar-refractivity contribution is 0.150. The first-order chi connectivity index (χ1) is 9.32. The Balaban J connectivity index is 2.07. The minimum absolute atomic E-state index is 0.318. The van der Waals surface area contributed by atoms with Gasteiger partial charge in [0, 0.05) is 12.6 Å². The second kappa shape index (κ2) is 5.64. The van der Waals surface area contributed by atoms with E-state index in [1.54, 1.807) is 0 Å². The highest BCUT2D eigenvalue weighted by Gasteiger charge is 2.29. The summed E-state index contributed by atoms with van der Waals surface area (Å²) in [6.07, 6.45) is 2.45. The Hall–Kier alpha value is -1.23. The molecule has 2 rings (SSSR count). The van der Waals surface area contributed by atoms with Crippen LogP contribution in [-0.4, -0.2) is 41.4 Å². The molecule has 1 aliphatic heterocycles. The third kappa shape index (κ3) is 3.08. The van der Waals surface area contributed by atoms with Gasteiger partial charge in [-0.15, -0.1) is 0 Å². The van der Waals surface area contributed by atoms with Crippen LogP contribution in [0.3, 0.4) is 0 Å². The number of aryl methyl sites for hydroxylation is 1. The summed E-state index contributed by atoms with van der Waals surface area (Å²) in [6.45, 7) is 11.9. The number of hydrogen-bond acceptors (Lipinski definition) is 4. The Kier molecular flexibility index (Phi) is 4.28. The van der Waals surface area contributed by atoms with Crippen molar-refractivity contribution in [2.45, 2.75) is 46.6 Å². The fraction of sp³-hybridized carbons (Fsp3) is 0.800. The number of nitrogen functional groups attached to an aromatic ring is 1. The number of hydrogen-bond donors (Lipinski definition) is 2. The fourth-order valence-corrected chi connectivity index (χ4v) is 2.74. The molecule has 3 N–H and O–H groups in total. The van der Waals surface area contributed by atoms with E-state index >= 15 is 0 Å². The quantitative estimate of drug-likeness (QED) is 0.889. The molecule has 114 valence electrons. The second-order valence-electron chi connectivity index (χ2n) is 6.85. The number of rotatable bonds is 4. The zero-order valence-electron chi connectivity index (χ0n) is 13.5. The van der Waals surface area contributed by atoms with Crippen molar-refractivity contribution >= 4 is 11.5 Å². The van der Waals surface area contributed by atoms with Crippen LogP contribution >= 0.6 is 0 Å². The summed E-state index contributed by atoms with van der Waals surface area (Å²) in [7, 11) is 2.20. The van der Waals surface area contributed by atoms with Crippen LogP contribution in [0.2, 0.25) is 0 Å². The van der Waals surface area contributed by atoms with Crippen LogP contribution in [-0.2, 0) is 0 Å². The van der Waals surface area contributed by atoms with Crippen molar-refractivity contribution in [3.63, 3.8) is 0 Å². The summed E-state index contributed by atoms with van der Waals surface area (Å²) in [5.74, 6) is 0.984. The maximum absolute atomic E-state index is 6.17. The Morgan fingerprint density at radius 2 is 1.95 bits per heavy atom. The molecule has 2 heterocycles. The summed E-state index contributed by atoms with van der Waals surface area (Å²) >= 11 is 0. The minimum atomic E-state index is 0.318. The highest BCUT2D eigenvalue weighted by atomic mass is 15.4. The van der Waals surface area contributed by atoms with Crippen molar-refractivity contribution in [1.29, 1.82) is 0 Å². The van der Waals surface area contributed by atoms with E-state index in [4.69, 9.17) is 5.73 Å². The number of nitrogens with one attached hydrogen (secondary N) is 1. The molecule has 0 bridgehead atoms. The van der Waals surface area contributed by atoms with Gasteiger partial charge in [-0.2, -0.15) is 5.10 Å². The van der Waals surface area contributed by atoms with Gasteiger partial charge in [0.05, 0.1) is 11.4 Å². The average molecular weight is 279 g/mol. The lowest BCUT2D eigenvalue weighted by atomic mass is 9.80. The molecule has 1 aromatic heterocycles. The summed E-state index contributed by atoms with van der Waals surface area (Å²) < 4.78 is 2.00. The van der Waals surface area contributed by atoms with Crippen molar-refractivity contribution in [3.05, 3.63) is 5.69 Å². The largest absolute Gasteiger partial charge is 0.394 e. The summed E-state index contributed by atoms with van der Waals surface area (Å²) in [4.78, 5) is 2.40. The molecule has 1 saturated heterocycles. The molecule has 0 amide bonds. The van der Waals surface area contributed by atoms with E-state index in [2.05, 4.69) is 43.1 Å². The summed E-state index contributed by atoms with van der Waals surface area (Å²) in [6, 6.07) is 0.318. The molecule has 1 fully saturated rings. The third-order valence-electron chi connectivity index (χ3n) is 4.50. The maximum atomic E-state index is 6.17. The zero-order chi connectivity index (χ0) is 14.9. The van der Waals surface area contributed by atoms with Gasteiger partial charge in [-0.05, 0) is 59.2 Å². The number of anilines is 2. The molecule has 20 heavy (non-hydrogen) atoms. The van der Waals surface area contributed by atoms with E-state index in [0.29, 0.717) is 11.5 Å². The van der Waals surface area contributed by atoms with E-state index in [9.17, 15) is 0 Å². The van der Waals surface area contributed by atoms with Gasteiger partial charge in [0.15, 0.2) is 0 Å².